The van der Waals surface area contributed by atoms with Gasteiger partial charge in [-0.05, 0) is 37.7 Å². The summed E-state index contributed by atoms with van der Waals surface area (Å²) in [5.41, 5.74) is 0.539. The molecule has 3 rings (SSSR count). The van der Waals surface area contributed by atoms with E-state index in [1.54, 1.807) is 12.1 Å². The Morgan fingerprint density at radius 2 is 2.14 bits per heavy atom. The van der Waals surface area contributed by atoms with E-state index in [0.29, 0.717) is 23.1 Å². The fourth-order valence-corrected chi connectivity index (χ4v) is 3.93. The van der Waals surface area contributed by atoms with Gasteiger partial charge in [-0.25, -0.2) is 0 Å². The second-order valence-electron chi connectivity index (χ2n) is 5.16. The molecule has 2 heterocycles. The Morgan fingerprint density at radius 1 is 1.29 bits per heavy atom. The maximum Gasteiger partial charge on any atom is 0.286 e. The van der Waals surface area contributed by atoms with Crippen molar-refractivity contribution in [1.82, 2.24) is 10.2 Å². The molecule has 2 N–H and O–H groups in total. The van der Waals surface area contributed by atoms with E-state index in [-0.39, 0.29) is 4.90 Å². The third-order valence-electron chi connectivity index (χ3n) is 3.54. The van der Waals surface area contributed by atoms with Crippen LogP contribution in [0.25, 0.3) is 0 Å². The molecule has 1 aromatic carbocycles. The van der Waals surface area contributed by atoms with E-state index in [4.69, 9.17) is 11.6 Å². The Morgan fingerprint density at radius 3 is 3.00 bits per heavy atom. The molecule has 0 unspecified atom stereocenters. The van der Waals surface area contributed by atoms with Crippen molar-refractivity contribution >= 4 is 33.1 Å². The Kier molecular flexibility index (Phi) is 4.17. The molecule has 2 aliphatic heterocycles. The average molecular weight is 329 g/mol. The summed E-state index contributed by atoms with van der Waals surface area (Å²) < 4.78 is 28.3. The van der Waals surface area contributed by atoms with E-state index in [2.05, 4.69) is 19.9 Å². The lowest BCUT2D eigenvalue weighted by molar-refractivity contribution is 0.333. The van der Waals surface area contributed by atoms with Crippen LogP contribution in [0.2, 0.25) is 5.02 Å². The molecule has 0 atom stereocenters. The Labute approximate surface area is 129 Å². The van der Waals surface area contributed by atoms with Gasteiger partial charge in [0.1, 0.15) is 10.7 Å². The van der Waals surface area contributed by atoms with Crippen LogP contribution in [-0.2, 0) is 10.0 Å². The summed E-state index contributed by atoms with van der Waals surface area (Å²) in [5, 5.41) is 6.80. The molecular formula is C13H17ClN4O2S. The van der Waals surface area contributed by atoms with Crippen LogP contribution < -0.4 is 10.6 Å². The fraction of sp³-hybridized carbons (Fsp3) is 0.462. The van der Waals surface area contributed by atoms with E-state index in [0.717, 1.165) is 32.6 Å². The van der Waals surface area contributed by atoms with Crippen LogP contribution in [0, 0.1) is 0 Å². The molecule has 8 heteroatoms. The fourth-order valence-electron chi connectivity index (χ4n) is 2.53. The highest BCUT2D eigenvalue weighted by Gasteiger charge is 2.26. The standard InChI is InChI=1S/C13H17ClN4O2S/c14-10-2-3-11-12(8-10)21(19,20)17-13(16-11)9-18-6-1-4-15-5-7-18/h2-3,8,15H,1,4-7,9H2,(H,16,17). The second-order valence-corrected chi connectivity index (χ2v) is 7.17. The van der Waals surface area contributed by atoms with E-state index in [1.807, 2.05) is 0 Å². The first-order valence-corrected chi connectivity index (χ1v) is 8.70. The number of amidine groups is 1. The third-order valence-corrected chi connectivity index (χ3v) is 5.13. The molecule has 0 amide bonds. The molecule has 2 aliphatic rings. The summed E-state index contributed by atoms with van der Waals surface area (Å²) in [7, 11) is -3.67. The SMILES string of the molecule is O=S1(=O)N=C(CN2CCCNCC2)Nc2ccc(Cl)cc21. The van der Waals surface area contributed by atoms with Crippen LogP contribution in [0.1, 0.15) is 6.42 Å². The highest BCUT2D eigenvalue weighted by atomic mass is 35.5. The zero-order valence-corrected chi connectivity index (χ0v) is 13.0. The Hall–Kier alpha value is -1.15. The largest absolute Gasteiger partial charge is 0.341 e. The Bertz CT molecular complexity index is 667. The smallest absolute Gasteiger partial charge is 0.286 e. The monoisotopic (exact) mass is 328 g/mol. The predicted octanol–water partition coefficient (Wildman–Crippen LogP) is 1.15. The van der Waals surface area contributed by atoms with Gasteiger partial charge >= 0.3 is 0 Å². The zero-order valence-electron chi connectivity index (χ0n) is 11.5. The molecule has 1 fully saturated rings. The van der Waals surface area contributed by atoms with Gasteiger partial charge in [0, 0.05) is 18.1 Å². The molecule has 0 aromatic heterocycles. The molecule has 21 heavy (non-hydrogen) atoms. The van der Waals surface area contributed by atoms with Gasteiger partial charge in [-0.1, -0.05) is 11.6 Å². The van der Waals surface area contributed by atoms with Crippen LogP contribution in [0.5, 0.6) is 0 Å². The van der Waals surface area contributed by atoms with Gasteiger partial charge in [-0.15, -0.1) is 4.40 Å². The van der Waals surface area contributed by atoms with Gasteiger partial charge in [-0.3, -0.25) is 4.90 Å². The molecule has 0 spiro atoms. The number of hydrogen-bond acceptors (Lipinski definition) is 5. The minimum Gasteiger partial charge on any atom is -0.341 e. The van der Waals surface area contributed by atoms with Gasteiger partial charge in [0.2, 0.25) is 0 Å². The summed E-state index contributed by atoms with van der Waals surface area (Å²) in [6.45, 7) is 4.22. The summed E-state index contributed by atoms with van der Waals surface area (Å²) in [6, 6.07) is 4.77. The number of anilines is 1. The second kappa shape index (κ2) is 5.92. The van der Waals surface area contributed by atoms with Gasteiger partial charge in [0.05, 0.1) is 12.2 Å². The summed E-state index contributed by atoms with van der Waals surface area (Å²) in [4.78, 5) is 2.33. The van der Waals surface area contributed by atoms with E-state index in [1.165, 1.54) is 6.07 Å². The van der Waals surface area contributed by atoms with Crippen molar-refractivity contribution < 1.29 is 8.42 Å². The molecule has 6 nitrogen and oxygen atoms in total. The number of nitrogens with zero attached hydrogens (tertiary/aromatic N) is 2. The van der Waals surface area contributed by atoms with E-state index >= 15 is 0 Å². The van der Waals surface area contributed by atoms with E-state index in [9.17, 15) is 8.42 Å². The molecule has 0 bridgehead atoms. The highest BCUT2D eigenvalue weighted by molar-refractivity contribution is 7.90. The van der Waals surface area contributed by atoms with Gasteiger partial charge in [0.15, 0.2) is 0 Å². The molecule has 0 radical (unpaired) electrons. The van der Waals surface area contributed by atoms with E-state index < -0.39 is 10.0 Å². The minimum absolute atomic E-state index is 0.135. The first-order chi connectivity index (χ1) is 10.0. The predicted molar refractivity (Wildman–Crippen MR) is 83.6 cm³/mol. The van der Waals surface area contributed by atoms with Crippen LogP contribution in [0.4, 0.5) is 5.69 Å². The van der Waals surface area contributed by atoms with Crippen molar-refractivity contribution in [2.75, 3.05) is 38.0 Å². The van der Waals surface area contributed by atoms with Crippen molar-refractivity contribution in [1.29, 1.82) is 0 Å². The molecule has 0 saturated carbocycles. The molecular weight excluding hydrogens is 312 g/mol. The number of benzene rings is 1. The summed E-state index contributed by atoms with van der Waals surface area (Å²) >= 11 is 5.86. The van der Waals surface area contributed by atoms with Gasteiger partial charge in [0.25, 0.3) is 10.0 Å². The third kappa shape index (κ3) is 3.37. The van der Waals surface area contributed by atoms with Crippen LogP contribution in [0.3, 0.4) is 0 Å². The quantitative estimate of drug-likeness (QED) is 0.852. The number of halogens is 1. The zero-order chi connectivity index (χ0) is 14.9. The van der Waals surface area contributed by atoms with Crippen molar-refractivity contribution in [3.8, 4) is 0 Å². The number of rotatable bonds is 2. The van der Waals surface area contributed by atoms with Crippen molar-refractivity contribution in [2.24, 2.45) is 4.40 Å². The lowest BCUT2D eigenvalue weighted by atomic mass is 10.3. The van der Waals surface area contributed by atoms with Crippen molar-refractivity contribution in [3.05, 3.63) is 23.2 Å². The molecule has 114 valence electrons. The molecule has 1 saturated heterocycles. The minimum atomic E-state index is -3.67. The normalized spacial score (nSPS) is 21.9. The lowest BCUT2D eigenvalue weighted by Crippen LogP contribution is -2.37. The van der Waals surface area contributed by atoms with Gasteiger partial charge < -0.3 is 10.6 Å². The lowest BCUT2D eigenvalue weighted by Gasteiger charge is -2.24. The maximum atomic E-state index is 12.2. The number of sulfonamides is 1. The van der Waals surface area contributed by atoms with Gasteiger partial charge in [-0.2, -0.15) is 8.42 Å². The maximum absolute atomic E-state index is 12.2. The number of nitrogens with one attached hydrogen (secondary N) is 2. The topological polar surface area (TPSA) is 73.8 Å². The van der Waals surface area contributed by atoms with Crippen molar-refractivity contribution in [3.63, 3.8) is 0 Å². The average Bonchev–Trinajstić information content (AvgIpc) is 2.68. The van der Waals surface area contributed by atoms with Crippen LogP contribution in [-0.4, -0.2) is 51.9 Å². The molecule has 1 aromatic rings. The van der Waals surface area contributed by atoms with Crippen LogP contribution >= 0.6 is 11.6 Å². The molecule has 0 aliphatic carbocycles. The first kappa shape index (κ1) is 14.8. The highest BCUT2D eigenvalue weighted by Crippen LogP contribution is 2.29. The summed E-state index contributed by atoms with van der Waals surface area (Å²) in [6.07, 6.45) is 1.05. The Balaban J connectivity index is 1.82. The first-order valence-electron chi connectivity index (χ1n) is 6.88. The number of hydrogen-bond donors (Lipinski definition) is 2. The summed E-state index contributed by atoms with van der Waals surface area (Å²) in [5.74, 6) is 0.465. The van der Waals surface area contributed by atoms with Crippen LogP contribution in [0.15, 0.2) is 27.5 Å². The van der Waals surface area contributed by atoms with Crippen molar-refractivity contribution in [2.45, 2.75) is 11.3 Å². The number of fused-ring (bicyclic) bond motifs is 1.